The minimum Gasteiger partial charge on any atom is -0.423 e. The molecule has 0 radical (unpaired) electrons. The normalized spacial score (nSPS) is 11.0. The lowest BCUT2D eigenvalue weighted by Crippen LogP contribution is -2.13. The number of nitrogens with one attached hydrogen (secondary N) is 1. The van der Waals surface area contributed by atoms with Crippen LogP contribution in [-0.2, 0) is 0 Å². The van der Waals surface area contributed by atoms with Crippen LogP contribution in [0, 0.1) is 3.57 Å². The largest absolute Gasteiger partial charge is 0.423 e. The highest BCUT2D eigenvalue weighted by Crippen LogP contribution is 2.18. The molecule has 0 aliphatic heterocycles. The number of H-pyrrole nitrogens is 1. The molecule has 0 amide bonds. The minimum atomic E-state index is -0.572. The molecule has 0 saturated heterocycles. The first-order valence-corrected chi connectivity index (χ1v) is 8.18. The van der Waals surface area contributed by atoms with E-state index in [4.69, 9.17) is 4.74 Å². The van der Waals surface area contributed by atoms with E-state index in [0.29, 0.717) is 22.3 Å². The van der Waals surface area contributed by atoms with E-state index in [0.717, 1.165) is 3.57 Å². The van der Waals surface area contributed by atoms with E-state index >= 15 is 0 Å². The lowest BCUT2D eigenvalue weighted by atomic mass is 10.2. The highest BCUT2D eigenvalue weighted by molar-refractivity contribution is 14.1. The van der Waals surface area contributed by atoms with Crippen LogP contribution < -0.4 is 10.3 Å². The van der Waals surface area contributed by atoms with Crippen molar-refractivity contribution in [3.05, 3.63) is 74.2 Å². The average Bonchev–Trinajstić information content (AvgIpc) is 3.01. The van der Waals surface area contributed by atoms with Gasteiger partial charge in [0.05, 0.1) is 17.1 Å². The van der Waals surface area contributed by atoms with E-state index < -0.39 is 5.97 Å². The molecule has 4 rings (SSSR count). The topological polar surface area (TPSA) is 76.5 Å². The number of hydrogen-bond donors (Lipinski definition) is 1. The lowest BCUT2D eigenvalue weighted by molar-refractivity contribution is 0.0736. The van der Waals surface area contributed by atoms with Crippen molar-refractivity contribution < 1.29 is 9.53 Å². The molecule has 2 heterocycles. The van der Waals surface area contributed by atoms with Gasteiger partial charge in [0.2, 0.25) is 0 Å². The fourth-order valence-electron chi connectivity index (χ4n) is 2.49. The summed E-state index contributed by atoms with van der Waals surface area (Å²) in [5.74, 6) is -0.139. The first-order chi connectivity index (χ1) is 11.6. The van der Waals surface area contributed by atoms with Gasteiger partial charge < -0.3 is 9.72 Å². The van der Waals surface area contributed by atoms with Crippen molar-refractivity contribution in [1.29, 1.82) is 0 Å². The van der Waals surface area contributed by atoms with Gasteiger partial charge in [-0.1, -0.05) is 12.1 Å². The number of benzene rings is 2. The van der Waals surface area contributed by atoms with E-state index in [9.17, 15) is 9.59 Å². The summed E-state index contributed by atoms with van der Waals surface area (Å²) < 4.78 is 7.93. The lowest BCUT2D eigenvalue weighted by Gasteiger charge is -2.04. The summed E-state index contributed by atoms with van der Waals surface area (Å²) in [6.45, 7) is 0. The van der Waals surface area contributed by atoms with Crippen LogP contribution in [0.3, 0.4) is 0 Å². The molecule has 4 aromatic rings. The third kappa shape index (κ3) is 2.46. The van der Waals surface area contributed by atoms with Gasteiger partial charge in [-0.05, 0) is 59.0 Å². The monoisotopic (exact) mass is 431 g/mol. The predicted molar refractivity (Wildman–Crippen MR) is 97.4 cm³/mol. The second-order valence-corrected chi connectivity index (χ2v) is 6.38. The molecule has 0 spiro atoms. The van der Waals surface area contributed by atoms with Crippen molar-refractivity contribution in [3.63, 3.8) is 0 Å². The Labute approximate surface area is 149 Å². The second-order valence-electron chi connectivity index (χ2n) is 5.13. The molecule has 24 heavy (non-hydrogen) atoms. The molecule has 0 unspecified atom stereocenters. The van der Waals surface area contributed by atoms with Gasteiger partial charge in [-0.3, -0.25) is 4.79 Å². The van der Waals surface area contributed by atoms with Crippen molar-refractivity contribution in [2.75, 3.05) is 0 Å². The zero-order chi connectivity index (χ0) is 16.7. The number of carbonyl (C=O) groups is 1. The van der Waals surface area contributed by atoms with Gasteiger partial charge in [0.25, 0.3) is 5.56 Å². The summed E-state index contributed by atoms with van der Waals surface area (Å²) in [4.78, 5) is 27.3. The number of halogens is 1. The van der Waals surface area contributed by atoms with Crippen LogP contribution in [0.25, 0.3) is 16.6 Å². The molecular weight excluding hydrogens is 421 g/mol. The van der Waals surface area contributed by atoms with Crippen LogP contribution in [0.15, 0.2) is 59.5 Å². The molecule has 7 heteroatoms. The number of carbonyl (C=O) groups excluding carboxylic acids is 1. The molecule has 0 bridgehead atoms. The quantitative estimate of drug-likeness (QED) is 0.301. The molecule has 2 aromatic heterocycles. The van der Waals surface area contributed by atoms with Crippen LogP contribution in [0.5, 0.6) is 5.75 Å². The summed E-state index contributed by atoms with van der Waals surface area (Å²) in [6, 6.07) is 14.2. The Balaban J connectivity index is 1.81. The Kier molecular flexibility index (Phi) is 3.57. The summed E-state index contributed by atoms with van der Waals surface area (Å²) in [6.07, 6.45) is 1.40. The fraction of sp³-hybridized carbons (Fsp3) is 0. The second kappa shape index (κ2) is 5.75. The van der Waals surface area contributed by atoms with Crippen LogP contribution in [0.2, 0.25) is 0 Å². The molecule has 118 valence electrons. The van der Waals surface area contributed by atoms with Crippen molar-refractivity contribution in [2.24, 2.45) is 0 Å². The summed E-state index contributed by atoms with van der Waals surface area (Å²) >= 11 is 2.17. The molecule has 0 saturated carbocycles. The first kappa shape index (κ1) is 14.9. The highest BCUT2D eigenvalue weighted by atomic mass is 127. The number of esters is 1. The van der Waals surface area contributed by atoms with Crippen LogP contribution in [0.1, 0.15) is 10.4 Å². The molecule has 0 aliphatic carbocycles. The number of aromatic nitrogens is 3. The maximum atomic E-state index is 12.4. The first-order valence-electron chi connectivity index (χ1n) is 7.10. The van der Waals surface area contributed by atoms with Gasteiger partial charge >= 0.3 is 5.97 Å². The van der Waals surface area contributed by atoms with E-state index in [2.05, 4.69) is 32.7 Å². The smallest absolute Gasteiger partial charge is 0.348 e. The number of para-hydroxylation sites is 1. The molecule has 0 atom stereocenters. The van der Waals surface area contributed by atoms with Crippen LogP contribution in [0.4, 0.5) is 0 Å². The van der Waals surface area contributed by atoms with E-state index in [-0.39, 0.29) is 11.1 Å². The summed E-state index contributed by atoms with van der Waals surface area (Å²) in [5, 5.41) is 4.71. The number of hydrogen-bond acceptors (Lipinski definition) is 4. The van der Waals surface area contributed by atoms with Crippen LogP contribution in [-0.4, -0.2) is 20.6 Å². The molecule has 1 N–H and O–H groups in total. The number of fused-ring (bicyclic) bond motifs is 3. The molecule has 0 aliphatic rings. The zero-order valence-corrected chi connectivity index (χ0v) is 14.4. The van der Waals surface area contributed by atoms with Gasteiger partial charge in [0.15, 0.2) is 5.65 Å². The number of aromatic amines is 1. The van der Waals surface area contributed by atoms with Gasteiger partial charge in [-0.15, -0.1) is 0 Å². The number of ether oxygens (including phenoxy) is 1. The molecule has 2 aromatic carbocycles. The van der Waals surface area contributed by atoms with Crippen molar-refractivity contribution >= 4 is 45.1 Å². The fourth-order valence-corrected chi connectivity index (χ4v) is 2.85. The van der Waals surface area contributed by atoms with Crippen LogP contribution >= 0.6 is 22.6 Å². The number of nitrogens with zero attached hydrogens (tertiary/aromatic N) is 2. The molecular formula is C17H10IN3O3. The van der Waals surface area contributed by atoms with E-state index in [1.165, 1.54) is 10.7 Å². The van der Waals surface area contributed by atoms with E-state index in [1.54, 1.807) is 30.3 Å². The highest BCUT2D eigenvalue weighted by Gasteiger charge is 2.18. The van der Waals surface area contributed by atoms with Crippen molar-refractivity contribution in [1.82, 2.24) is 14.6 Å². The Morgan fingerprint density at radius 2 is 1.88 bits per heavy atom. The van der Waals surface area contributed by atoms with Gasteiger partial charge in [0, 0.05) is 3.57 Å². The molecule has 0 fully saturated rings. The van der Waals surface area contributed by atoms with Crippen molar-refractivity contribution in [2.45, 2.75) is 0 Å². The summed E-state index contributed by atoms with van der Waals surface area (Å²) in [5.41, 5.74) is 0.872. The zero-order valence-electron chi connectivity index (χ0n) is 12.2. The maximum absolute atomic E-state index is 12.4. The Morgan fingerprint density at radius 1 is 1.12 bits per heavy atom. The third-order valence-electron chi connectivity index (χ3n) is 3.62. The predicted octanol–water partition coefficient (Wildman–Crippen LogP) is 3.00. The number of rotatable bonds is 2. The Hall–Kier alpha value is -2.68. The van der Waals surface area contributed by atoms with Gasteiger partial charge in [-0.25, -0.2) is 9.31 Å². The van der Waals surface area contributed by atoms with Crippen molar-refractivity contribution in [3.8, 4) is 5.75 Å². The minimum absolute atomic E-state index is 0.205. The Bertz CT molecular complexity index is 1130. The SMILES string of the molecule is O=C(Oc1ccc(I)cc1)c1cnn2c1[nH]c(=O)c1ccccc12. The Morgan fingerprint density at radius 3 is 2.67 bits per heavy atom. The summed E-state index contributed by atoms with van der Waals surface area (Å²) in [7, 11) is 0. The molecule has 6 nitrogen and oxygen atoms in total. The maximum Gasteiger partial charge on any atom is 0.348 e. The van der Waals surface area contributed by atoms with Gasteiger partial charge in [-0.2, -0.15) is 5.10 Å². The standard InChI is InChI=1S/C17H10IN3O3/c18-10-5-7-11(8-6-10)24-17(23)13-9-19-21-14-4-2-1-3-12(14)16(22)20-15(13)21/h1-9H,(H,20,22). The third-order valence-corrected chi connectivity index (χ3v) is 4.34. The average molecular weight is 431 g/mol. The van der Waals surface area contributed by atoms with Gasteiger partial charge in [0.1, 0.15) is 11.3 Å². The van der Waals surface area contributed by atoms with E-state index in [1.807, 2.05) is 18.2 Å².